The van der Waals surface area contributed by atoms with Crippen LogP contribution in [0.4, 0.5) is 0 Å². The Hall–Kier alpha value is -1.10. The van der Waals surface area contributed by atoms with Gasteiger partial charge in [0, 0.05) is 19.0 Å². The van der Waals surface area contributed by atoms with Crippen molar-refractivity contribution in [3.05, 3.63) is 0 Å². The second-order valence-electron chi connectivity index (χ2n) is 3.88. The summed E-state index contributed by atoms with van der Waals surface area (Å²) in [6.07, 6.45) is 0.205. The lowest BCUT2D eigenvalue weighted by molar-refractivity contribution is -0.134. The number of carbonyl (C=O) groups is 2. The molecule has 0 unspecified atom stereocenters. The van der Waals surface area contributed by atoms with Gasteiger partial charge in [-0.3, -0.25) is 9.59 Å². The zero-order valence-electron chi connectivity index (χ0n) is 8.33. The van der Waals surface area contributed by atoms with E-state index < -0.39 is 11.4 Å². The standard InChI is InChI=1S/C8H17N3O2/c1-8(2,10)4-7(13)11(3)5-6(9)12/h4-5,10H2,1-3H3,(H2,9,12). The SMILES string of the molecule is CN(CC(N)=O)C(=O)CC(C)(C)N. The molecule has 0 fully saturated rings. The molecular weight excluding hydrogens is 170 g/mol. The molecule has 76 valence electrons. The van der Waals surface area contributed by atoms with E-state index in [0.717, 1.165) is 0 Å². The highest BCUT2D eigenvalue weighted by Gasteiger charge is 2.19. The van der Waals surface area contributed by atoms with E-state index in [0.29, 0.717) is 0 Å². The van der Waals surface area contributed by atoms with Crippen LogP contribution in [0.3, 0.4) is 0 Å². The molecule has 2 amide bonds. The van der Waals surface area contributed by atoms with Crippen LogP contribution in [0.15, 0.2) is 0 Å². The summed E-state index contributed by atoms with van der Waals surface area (Å²) < 4.78 is 0. The first-order valence-electron chi connectivity index (χ1n) is 4.03. The van der Waals surface area contributed by atoms with Crippen molar-refractivity contribution in [1.82, 2.24) is 4.90 Å². The molecule has 0 aromatic heterocycles. The lowest BCUT2D eigenvalue weighted by Gasteiger charge is -2.22. The Morgan fingerprint density at radius 2 is 1.85 bits per heavy atom. The molecule has 0 aliphatic heterocycles. The molecule has 0 aromatic carbocycles. The maximum Gasteiger partial charge on any atom is 0.237 e. The van der Waals surface area contributed by atoms with Crippen LogP contribution in [0.1, 0.15) is 20.3 Å². The number of carbonyl (C=O) groups excluding carboxylic acids is 2. The first-order chi connectivity index (χ1) is 5.72. The van der Waals surface area contributed by atoms with Crippen LogP contribution in [-0.4, -0.2) is 35.8 Å². The van der Waals surface area contributed by atoms with E-state index in [1.165, 1.54) is 11.9 Å². The fourth-order valence-corrected chi connectivity index (χ4v) is 0.847. The Labute approximate surface area is 78.1 Å². The molecule has 13 heavy (non-hydrogen) atoms. The number of rotatable bonds is 4. The van der Waals surface area contributed by atoms with Crippen molar-refractivity contribution < 1.29 is 9.59 Å². The highest BCUT2D eigenvalue weighted by molar-refractivity contribution is 5.84. The molecule has 4 N–H and O–H groups in total. The van der Waals surface area contributed by atoms with Crippen LogP contribution >= 0.6 is 0 Å². The van der Waals surface area contributed by atoms with Gasteiger partial charge in [0.1, 0.15) is 0 Å². The van der Waals surface area contributed by atoms with Gasteiger partial charge in [0.15, 0.2) is 0 Å². The predicted molar refractivity (Wildman–Crippen MR) is 49.7 cm³/mol. The van der Waals surface area contributed by atoms with Gasteiger partial charge in [-0.1, -0.05) is 0 Å². The molecule has 0 saturated heterocycles. The van der Waals surface area contributed by atoms with Crippen LogP contribution in [-0.2, 0) is 9.59 Å². The van der Waals surface area contributed by atoms with Crippen LogP contribution in [0, 0.1) is 0 Å². The van der Waals surface area contributed by atoms with E-state index in [1.54, 1.807) is 13.8 Å². The number of nitrogens with zero attached hydrogens (tertiary/aromatic N) is 1. The molecule has 0 aliphatic rings. The first kappa shape index (κ1) is 11.9. The number of amides is 2. The summed E-state index contributed by atoms with van der Waals surface area (Å²) in [6, 6.07) is 0. The molecule has 0 rings (SSSR count). The number of likely N-dealkylation sites (N-methyl/N-ethyl adjacent to an activating group) is 1. The molecule has 0 aromatic rings. The van der Waals surface area contributed by atoms with Crippen molar-refractivity contribution in [2.24, 2.45) is 11.5 Å². The molecule has 0 spiro atoms. The van der Waals surface area contributed by atoms with E-state index in [2.05, 4.69) is 0 Å². The fourth-order valence-electron chi connectivity index (χ4n) is 0.847. The third kappa shape index (κ3) is 6.10. The zero-order chi connectivity index (χ0) is 10.6. The molecule has 0 radical (unpaired) electrons. The van der Waals surface area contributed by atoms with Crippen LogP contribution in [0.2, 0.25) is 0 Å². The van der Waals surface area contributed by atoms with Gasteiger partial charge < -0.3 is 16.4 Å². The Balaban J connectivity index is 4.05. The van der Waals surface area contributed by atoms with Gasteiger partial charge >= 0.3 is 0 Å². The average Bonchev–Trinajstić information content (AvgIpc) is 1.81. The Morgan fingerprint density at radius 3 is 2.15 bits per heavy atom. The summed E-state index contributed by atoms with van der Waals surface area (Å²) in [5.74, 6) is -0.697. The summed E-state index contributed by atoms with van der Waals surface area (Å²) in [7, 11) is 1.53. The maximum atomic E-state index is 11.3. The molecule has 5 nitrogen and oxygen atoms in total. The van der Waals surface area contributed by atoms with Crippen LogP contribution < -0.4 is 11.5 Å². The molecule has 0 saturated carbocycles. The predicted octanol–water partition coefficient (Wildman–Crippen LogP) is -0.942. The molecular formula is C8H17N3O2. The van der Waals surface area contributed by atoms with Crippen molar-refractivity contribution in [2.45, 2.75) is 25.8 Å². The molecule has 0 aliphatic carbocycles. The largest absolute Gasteiger partial charge is 0.368 e. The van der Waals surface area contributed by atoms with Gasteiger partial charge in [-0.15, -0.1) is 0 Å². The van der Waals surface area contributed by atoms with E-state index in [-0.39, 0.29) is 18.9 Å². The van der Waals surface area contributed by atoms with Gasteiger partial charge in [0.25, 0.3) is 0 Å². The zero-order valence-corrected chi connectivity index (χ0v) is 8.33. The topological polar surface area (TPSA) is 89.4 Å². The Morgan fingerprint density at radius 1 is 1.38 bits per heavy atom. The minimum atomic E-state index is -0.553. The van der Waals surface area contributed by atoms with E-state index in [4.69, 9.17) is 11.5 Å². The van der Waals surface area contributed by atoms with Crippen LogP contribution in [0.25, 0.3) is 0 Å². The summed E-state index contributed by atoms with van der Waals surface area (Å²) in [5.41, 5.74) is 10.0. The smallest absolute Gasteiger partial charge is 0.237 e. The highest BCUT2D eigenvalue weighted by atomic mass is 16.2. The van der Waals surface area contributed by atoms with E-state index in [9.17, 15) is 9.59 Å². The van der Waals surface area contributed by atoms with Gasteiger partial charge in [-0.05, 0) is 13.8 Å². The normalized spacial score (nSPS) is 11.1. The minimum absolute atomic E-state index is 0.0606. The molecule has 0 bridgehead atoms. The Bertz CT molecular complexity index is 208. The number of primary amides is 1. The average molecular weight is 187 g/mol. The third-order valence-corrected chi connectivity index (χ3v) is 1.43. The summed E-state index contributed by atoms with van der Waals surface area (Å²) >= 11 is 0. The fraction of sp³-hybridized carbons (Fsp3) is 0.750. The lowest BCUT2D eigenvalue weighted by Crippen LogP contribution is -2.42. The summed E-state index contributed by atoms with van der Waals surface area (Å²) in [6.45, 7) is 3.45. The monoisotopic (exact) mass is 187 g/mol. The molecule has 0 atom stereocenters. The number of nitrogens with two attached hydrogens (primary N) is 2. The molecule has 0 heterocycles. The van der Waals surface area contributed by atoms with E-state index >= 15 is 0 Å². The minimum Gasteiger partial charge on any atom is -0.368 e. The quantitative estimate of drug-likeness (QED) is 0.595. The van der Waals surface area contributed by atoms with Crippen LogP contribution in [0.5, 0.6) is 0 Å². The van der Waals surface area contributed by atoms with Gasteiger partial charge in [-0.2, -0.15) is 0 Å². The third-order valence-electron chi connectivity index (χ3n) is 1.43. The second kappa shape index (κ2) is 4.23. The van der Waals surface area contributed by atoms with Gasteiger partial charge in [0.2, 0.25) is 11.8 Å². The number of hydrogen-bond acceptors (Lipinski definition) is 3. The highest BCUT2D eigenvalue weighted by Crippen LogP contribution is 2.05. The maximum absolute atomic E-state index is 11.3. The van der Waals surface area contributed by atoms with Crippen molar-refractivity contribution >= 4 is 11.8 Å². The first-order valence-corrected chi connectivity index (χ1v) is 4.03. The van der Waals surface area contributed by atoms with Crippen molar-refractivity contribution in [3.8, 4) is 0 Å². The van der Waals surface area contributed by atoms with E-state index in [1.807, 2.05) is 0 Å². The molecule has 5 heteroatoms. The van der Waals surface area contributed by atoms with Gasteiger partial charge in [-0.25, -0.2) is 0 Å². The van der Waals surface area contributed by atoms with Gasteiger partial charge in [0.05, 0.1) is 6.54 Å². The van der Waals surface area contributed by atoms with Crippen molar-refractivity contribution in [2.75, 3.05) is 13.6 Å². The number of hydrogen-bond donors (Lipinski definition) is 2. The summed E-state index contributed by atoms with van der Waals surface area (Å²) in [4.78, 5) is 23.1. The van der Waals surface area contributed by atoms with Crippen molar-refractivity contribution in [1.29, 1.82) is 0 Å². The Kier molecular flexibility index (Phi) is 3.87. The van der Waals surface area contributed by atoms with Crippen molar-refractivity contribution in [3.63, 3.8) is 0 Å². The second-order valence-corrected chi connectivity index (χ2v) is 3.88. The lowest BCUT2D eigenvalue weighted by atomic mass is 10.0. The summed E-state index contributed by atoms with van der Waals surface area (Å²) in [5, 5.41) is 0.